The van der Waals surface area contributed by atoms with E-state index in [1.165, 1.54) is 6.07 Å². The van der Waals surface area contributed by atoms with Crippen molar-refractivity contribution in [3.05, 3.63) is 63.4 Å². The average molecular weight is 421 g/mol. The molecule has 1 aromatic heterocycles. The van der Waals surface area contributed by atoms with Crippen LogP contribution in [0.25, 0.3) is 6.08 Å². The number of rotatable bonds is 5. The number of carbonyl (C=O) groups excluding carboxylic acids is 3. The van der Waals surface area contributed by atoms with Crippen LogP contribution in [0.1, 0.15) is 16.1 Å². The van der Waals surface area contributed by atoms with Crippen LogP contribution in [0.15, 0.2) is 56.5 Å². The fourth-order valence-corrected chi connectivity index (χ4v) is 3.37. The zero-order chi connectivity index (χ0) is 17.8. The molecular formula is C17H13BrN2O4S. The molecule has 1 N–H and O–H groups in total. The van der Waals surface area contributed by atoms with Crippen LogP contribution in [-0.4, -0.2) is 35.0 Å². The summed E-state index contributed by atoms with van der Waals surface area (Å²) in [5.41, 5.74) is 0.852. The van der Waals surface area contributed by atoms with E-state index in [1.54, 1.807) is 12.1 Å². The van der Waals surface area contributed by atoms with Gasteiger partial charge in [0.15, 0.2) is 10.4 Å². The molecule has 128 valence electrons. The molecule has 3 amide bonds. The molecule has 6 nitrogen and oxygen atoms in total. The Morgan fingerprint density at radius 3 is 2.64 bits per heavy atom. The van der Waals surface area contributed by atoms with Crippen LogP contribution >= 0.6 is 27.7 Å². The van der Waals surface area contributed by atoms with Gasteiger partial charge in [0, 0.05) is 13.1 Å². The van der Waals surface area contributed by atoms with Gasteiger partial charge in [-0.15, -0.1) is 0 Å². The van der Waals surface area contributed by atoms with E-state index >= 15 is 0 Å². The maximum atomic E-state index is 12.3. The number of nitrogens with one attached hydrogen (secondary N) is 1. The summed E-state index contributed by atoms with van der Waals surface area (Å²) in [6.07, 6.45) is 1.68. The molecule has 0 saturated carbocycles. The summed E-state index contributed by atoms with van der Waals surface area (Å²) in [5, 5.41) is 2.27. The van der Waals surface area contributed by atoms with E-state index in [0.29, 0.717) is 9.57 Å². The molecule has 1 aliphatic heterocycles. The van der Waals surface area contributed by atoms with Crippen molar-refractivity contribution in [2.75, 3.05) is 13.1 Å². The smallest absolute Gasteiger partial charge is 0.293 e. The summed E-state index contributed by atoms with van der Waals surface area (Å²) in [5.74, 6) is -0.601. The lowest BCUT2D eigenvalue weighted by molar-refractivity contribution is -0.122. The number of amides is 3. The Bertz CT molecular complexity index is 847. The highest BCUT2D eigenvalue weighted by atomic mass is 79.9. The van der Waals surface area contributed by atoms with Gasteiger partial charge in [0.1, 0.15) is 0 Å². The maximum Gasteiger partial charge on any atom is 0.293 e. The standard InChI is InChI=1S/C17H13BrN2O4S/c18-14-7-6-12(24-14)15(21)19-8-9-20-16(22)13(25-17(20)23)10-11-4-2-1-3-5-11/h1-7,10H,8-9H2,(H,19,21). The Hall–Kier alpha value is -2.32. The summed E-state index contributed by atoms with van der Waals surface area (Å²) in [6, 6.07) is 12.5. The topological polar surface area (TPSA) is 79.6 Å². The largest absolute Gasteiger partial charge is 0.444 e. The van der Waals surface area contributed by atoms with Crippen LogP contribution in [-0.2, 0) is 4.79 Å². The number of imide groups is 1. The molecule has 1 saturated heterocycles. The number of furan rings is 1. The van der Waals surface area contributed by atoms with Crippen LogP contribution in [0.4, 0.5) is 4.79 Å². The second-order valence-electron chi connectivity index (χ2n) is 5.10. The lowest BCUT2D eigenvalue weighted by atomic mass is 10.2. The van der Waals surface area contributed by atoms with E-state index in [4.69, 9.17) is 4.42 Å². The van der Waals surface area contributed by atoms with Crippen LogP contribution in [0.3, 0.4) is 0 Å². The van der Waals surface area contributed by atoms with E-state index < -0.39 is 5.91 Å². The number of carbonyl (C=O) groups is 3. The third-order valence-electron chi connectivity index (χ3n) is 3.39. The van der Waals surface area contributed by atoms with Gasteiger partial charge in [-0.3, -0.25) is 19.3 Å². The third-order valence-corrected chi connectivity index (χ3v) is 4.72. The van der Waals surface area contributed by atoms with Gasteiger partial charge in [0.2, 0.25) is 0 Å². The molecule has 0 radical (unpaired) electrons. The number of benzene rings is 1. The molecule has 3 rings (SSSR count). The van der Waals surface area contributed by atoms with Gasteiger partial charge in [-0.05, 0) is 51.5 Å². The molecule has 2 aromatic rings. The minimum Gasteiger partial charge on any atom is -0.444 e. The van der Waals surface area contributed by atoms with Crippen molar-refractivity contribution in [1.29, 1.82) is 0 Å². The van der Waals surface area contributed by atoms with Gasteiger partial charge in [-0.2, -0.15) is 0 Å². The number of hydrogen-bond donors (Lipinski definition) is 1. The fraction of sp³-hybridized carbons (Fsp3) is 0.118. The van der Waals surface area contributed by atoms with Gasteiger partial charge in [-0.25, -0.2) is 0 Å². The highest BCUT2D eigenvalue weighted by Crippen LogP contribution is 2.31. The minimum atomic E-state index is -0.405. The zero-order valence-electron chi connectivity index (χ0n) is 12.9. The van der Waals surface area contributed by atoms with Crippen molar-refractivity contribution in [3.8, 4) is 0 Å². The first-order valence-corrected chi connectivity index (χ1v) is 8.99. The summed E-state index contributed by atoms with van der Waals surface area (Å²) < 4.78 is 5.59. The summed E-state index contributed by atoms with van der Waals surface area (Å²) in [6.45, 7) is 0.248. The SMILES string of the molecule is O=C(NCCN1C(=O)SC(=Cc2ccccc2)C1=O)c1ccc(Br)o1. The van der Waals surface area contributed by atoms with Gasteiger partial charge in [0.25, 0.3) is 17.1 Å². The van der Waals surface area contributed by atoms with E-state index in [0.717, 1.165) is 22.2 Å². The van der Waals surface area contributed by atoms with Crippen molar-refractivity contribution in [3.63, 3.8) is 0 Å². The summed E-state index contributed by atoms with van der Waals surface area (Å²) >= 11 is 4.02. The van der Waals surface area contributed by atoms with Crippen molar-refractivity contribution < 1.29 is 18.8 Å². The zero-order valence-corrected chi connectivity index (χ0v) is 15.3. The van der Waals surface area contributed by atoms with Gasteiger partial charge in [-0.1, -0.05) is 30.3 Å². The highest BCUT2D eigenvalue weighted by molar-refractivity contribution is 9.10. The predicted molar refractivity (Wildman–Crippen MR) is 97.9 cm³/mol. The summed E-state index contributed by atoms with van der Waals surface area (Å²) in [7, 11) is 0. The van der Waals surface area contributed by atoms with Crippen LogP contribution < -0.4 is 5.32 Å². The number of halogens is 1. The molecule has 1 fully saturated rings. The van der Waals surface area contributed by atoms with Gasteiger partial charge in [0.05, 0.1) is 4.91 Å². The van der Waals surface area contributed by atoms with Crippen molar-refractivity contribution in [2.45, 2.75) is 0 Å². The second kappa shape index (κ2) is 7.71. The van der Waals surface area contributed by atoms with E-state index in [1.807, 2.05) is 30.3 Å². The maximum absolute atomic E-state index is 12.3. The Morgan fingerprint density at radius 2 is 1.96 bits per heavy atom. The first-order chi connectivity index (χ1) is 12.0. The monoisotopic (exact) mass is 420 g/mol. The van der Waals surface area contributed by atoms with Gasteiger partial charge < -0.3 is 9.73 Å². The molecule has 2 heterocycles. The number of thioether (sulfide) groups is 1. The molecule has 0 atom stereocenters. The normalized spacial score (nSPS) is 15.9. The van der Waals surface area contributed by atoms with Crippen molar-refractivity contribution in [2.24, 2.45) is 0 Å². The number of hydrogen-bond acceptors (Lipinski definition) is 5. The average Bonchev–Trinajstić information content (AvgIpc) is 3.14. The first kappa shape index (κ1) is 17.5. The molecule has 0 aliphatic carbocycles. The lowest BCUT2D eigenvalue weighted by Crippen LogP contribution is -2.37. The molecule has 8 heteroatoms. The van der Waals surface area contributed by atoms with Gasteiger partial charge >= 0.3 is 0 Å². The number of nitrogens with zero attached hydrogens (tertiary/aromatic N) is 1. The minimum absolute atomic E-state index is 0.102. The first-order valence-electron chi connectivity index (χ1n) is 7.38. The molecule has 1 aliphatic rings. The lowest BCUT2D eigenvalue weighted by Gasteiger charge is -2.12. The van der Waals surface area contributed by atoms with Crippen LogP contribution in [0.5, 0.6) is 0 Å². The van der Waals surface area contributed by atoms with Crippen molar-refractivity contribution >= 4 is 50.8 Å². The molecule has 25 heavy (non-hydrogen) atoms. The highest BCUT2D eigenvalue weighted by Gasteiger charge is 2.34. The molecule has 0 unspecified atom stereocenters. The quantitative estimate of drug-likeness (QED) is 0.748. The second-order valence-corrected chi connectivity index (χ2v) is 6.88. The van der Waals surface area contributed by atoms with E-state index in [9.17, 15) is 14.4 Å². The Kier molecular flexibility index (Phi) is 5.40. The predicted octanol–water partition coefficient (Wildman–Crippen LogP) is 3.51. The molecule has 1 aromatic carbocycles. The van der Waals surface area contributed by atoms with E-state index in [-0.39, 0.29) is 30.0 Å². The molecule has 0 bridgehead atoms. The Balaban J connectivity index is 1.58. The fourth-order valence-electron chi connectivity index (χ4n) is 2.20. The van der Waals surface area contributed by atoms with Crippen LogP contribution in [0.2, 0.25) is 0 Å². The molecule has 0 spiro atoms. The van der Waals surface area contributed by atoms with Crippen molar-refractivity contribution in [1.82, 2.24) is 10.2 Å². The third kappa shape index (κ3) is 4.21. The van der Waals surface area contributed by atoms with E-state index in [2.05, 4.69) is 21.2 Å². The molecular weight excluding hydrogens is 408 g/mol. The Labute approximate surface area is 156 Å². The van der Waals surface area contributed by atoms with Crippen LogP contribution in [0, 0.1) is 0 Å². The summed E-state index contributed by atoms with van der Waals surface area (Å²) in [4.78, 5) is 37.7. The Morgan fingerprint density at radius 1 is 1.20 bits per heavy atom.